The molecule has 1 N–H and O–H groups in total. The third-order valence-corrected chi connectivity index (χ3v) is 2.78. The van der Waals surface area contributed by atoms with E-state index in [1.54, 1.807) is 30.3 Å². The molecule has 0 fully saturated rings. The molecule has 0 saturated heterocycles. The van der Waals surface area contributed by atoms with Crippen molar-refractivity contribution in [2.24, 2.45) is 0 Å². The number of benzene rings is 2. The van der Waals surface area contributed by atoms with Crippen LogP contribution in [0.25, 0.3) is 0 Å². The zero-order chi connectivity index (χ0) is 12.7. The van der Waals surface area contributed by atoms with Crippen LogP contribution in [0.4, 0.5) is 0 Å². The summed E-state index contributed by atoms with van der Waals surface area (Å²) in [6.07, 6.45) is 0. The summed E-state index contributed by atoms with van der Waals surface area (Å²) in [5, 5.41) is 9.58. The number of rotatable bonds is 1. The summed E-state index contributed by atoms with van der Waals surface area (Å²) in [7, 11) is 0. The van der Waals surface area contributed by atoms with E-state index in [-0.39, 0.29) is 11.3 Å². The Labute approximate surface area is 107 Å². The van der Waals surface area contributed by atoms with E-state index >= 15 is 0 Å². The number of para-hydroxylation sites is 1. The van der Waals surface area contributed by atoms with E-state index in [2.05, 4.69) is 0 Å². The molecule has 90 valence electrons. The molecule has 0 spiro atoms. The van der Waals surface area contributed by atoms with E-state index in [1.807, 2.05) is 0 Å². The molecule has 2 aromatic rings. The second-order valence-corrected chi connectivity index (χ2v) is 4.17. The average Bonchev–Trinajstić information content (AvgIpc) is 2.35. The standard InChI is InChI=1S/C13H7ClO4/c14-7-4-5-9-11(6-7)18-12-8(13(15)16)2-1-3-10(12)17-9/h1-6H,(H,15,16). The van der Waals surface area contributed by atoms with Crippen LogP contribution in [-0.4, -0.2) is 11.1 Å². The predicted octanol–water partition coefficient (Wildman–Crippen LogP) is 3.94. The molecule has 1 aliphatic rings. The smallest absolute Gasteiger partial charge is 0.339 e. The minimum absolute atomic E-state index is 0.0538. The number of halogens is 1. The van der Waals surface area contributed by atoms with Gasteiger partial charge in [0.2, 0.25) is 0 Å². The van der Waals surface area contributed by atoms with Crippen LogP contribution in [0.3, 0.4) is 0 Å². The molecule has 1 aliphatic heterocycles. The van der Waals surface area contributed by atoms with Gasteiger partial charge in [0.05, 0.1) is 0 Å². The van der Waals surface area contributed by atoms with Crippen molar-refractivity contribution in [3.8, 4) is 23.0 Å². The summed E-state index contributed by atoms with van der Waals surface area (Å²) in [4.78, 5) is 11.1. The first kappa shape index (κ1) is 10.9. The fourth-order valence-electron chi connectivity index (χ4n) is 1.74. The number of fused-ring (bicyclic) bond motifs is 2. The second kappa shape index (κ2) is 3.92. The van der Waals surface area contributed by atoms with Crippen molar-refractivity contribution in [3.05, 3.63) is 47.0 Å². The lowest BCUT2D eigenvalue weighted by atomic mass is 10.1. The van der Waals surface area contributed by atoms with Gasteiger partial charge in [-0.15, -0.1) is 0 Å². The number of hydrogen-bond donors (Lipinski definition) is 1. The van der Waals surface area contributed by atoms with Gasteiger partial charge in [-0.05, 0) is 24.3 Å². The molecule has 0 radical (unpaired) electrons. The molecular formula is C13H7ClO4. The SMILES string of the molecule is O=C(O)c1cccc2c1Oc1cc(Cl)ccc1O2. The summed E-state index contributed by atoms with van der Waals surface area (Å²) < 4.78 is 11.1. The van der Waals surface area contributed by atoms with Crippen LogP contribution in [-0.2, 0) is 0 Å². The monoisotopic (exact) mass is 262 g/mol. The first-order valence-electron chi connectivity index (χ1n) is 5.17. The highest BCUT2D eigenvalue weighted by Gasteiger charge is 2.24. The van der Waals surface area contributed by atoms with Gasteiger partial charge in [-0.25, -0.2) is 4.79 Å². The average molecular weight is 263 g/mol. The normalized spacial score (nSPS) is 11.8. The van der Waals surface area contributed by atoms with Gasteiger partial charge in [-0.2, -0.15) is 0 Å². The van der Waals surface area contributed by atoms with Crippen molar-refractivity contribution in [2.75, 3.05) is 0 Å². The lowest BCUT2D eigenvalue weighted by molar-refractivity contribution is 0.0693. The summed E-state index contributed by atoms with van der Waals surface area (Å²) in [6.45, 7) is 0. The summed E-state index contributed by atoms with van der Waals surface area (Å²) >= 11 is 5.85. The van der Waals surface area contributed by atoms with Crippen molar-refractivity contribution >= 4 is 17.6 Å². The molecule has 0 amide bonds. The molecule has 3 rings (SSSR count). The van der Waals surface area contributed by atoms with E-state index in [1.165, 1.54) is 6.07 Å². The zero-order valence-corrected chi connectivity index (χ0v) is 9.77. The van der Waals surface area contributed by atoms with Crippen LogP contribution < -0.4 is 9.47 Å². The molecule has 4 nitrogen and oxygen atoms in total. The van der Waals surface area contributed by atoms with Crippen LogP contribution in [0.5, 0.6) is 23.0 Å². The van der Waals surface area contributed by atoms with Crippen LogP contribution in [0, 0.1) is 0 Å². The molecule has 0 saturated carbocycles. The number of aromatic carboxylic acids is 1. The van der Waals surface area contributed by atoms with Crippen molar-refractivity contribution in [1.29, 1.82) is 0 Å². The molecule has 18 heavy (non-hydrogen) atoms. The van der Waals surface area contributed by atoms with E-state index in [4.69, 9.17) is 26.2 Å². The highest BCUT2D eigenvalue weighted by atomic mass is 35.5. The van der Waals surface area contributed by atoms with Gasteiger partial charge < -0.3 is 14.6 Å². The van der Waals surface area contributed by atoms with E-state index in [9.17, 15) is 4.79 Å². The minimum Gasteiger partial charge on any atom is -0.478 e. The minimum atomic E-state index is -1.07. The second-order valence-electron chi connectivity index (χ2n) is 3.73. The topological polar surface area (TPSA) is 55.8 Å². The van der Waals surface area contributed by atoms with Gasteiger partial charge in [-0.1, -0.05) is 17.7 Å². The van der Waals surface area contributed by atoms with Gasteiger partial charge in [0.15, 0.2) is 23.0 Å². The van der Waals surface area contributed by atoms with Gasteiger partial charge in [0.1, 0.15) is 5.56 Å². The molecule has 0 aromatic heterocycles. The van der Waals surface area contributed by atoms with Crippen molar-refractivity contribution in [2.45, 2.75) is 0 Å². The number of carbonyl (C=O) groups is 1. The Hall–Kier alpha value is -2.20. The molecule has 0 atom stereocenters. The Balaban J connectivity index is 2.14. The Bertz CT molecular complexity index is 651. The van der Waals surface area contributed by atoms with Gasteiger partial charge in [0.25, 0.3) is 0 Å². The third kappa shape index (κ3) is 1.67. The summed E-state index contributed by atoms with van der Waals surface area (Å²) in [5.41, 5.74) is 0.0538. The number of carboxylic acids is 1. The third-order valence-electron chi connectivity index (χ3n) is 2.55. The Morgan fingerprint density at radius 2 is 1.89 bits per heavy atom. The Morgan fingerprint density at radius 1 is 1.06 bits per heavy atom. The molecule has 0 bridgehead atoms. The van der Waals surface area contributed by atoms with E-state index < -0.39 is 5.97 Å². The quantitative estimate of drug-likeness (QED) is 0.722. The number of carboxylic acid groups (broad SMARTS) is 1. The van der Waals surface area contributed by atoms with Crippen molar-refractivity contribution < 1.29 is 19.4 Å². The van der Waals surface area contributed by atoms with Gasteiger partial charge in [0, 0.05) is 11.1 Å². The fourth-order valence-corrected chi connectivity index (χ4v) is 1.91. The Morgan fingerprint density at radius 3 is 2.67 bits per heavy atom. The van der Waals surface area contributed by atoms with Crippen molar-refractivity contribution in [3.63, 3.8) is 0 Å². The predicted molar refractivity (Wildman–Crippen MR) is 65.0 cm³/mol. The van der Waals surface area contributed by atoms with E-state index in [0.29, 0.717) is 22.3 Å². The molecular weight excluding hydrogens is 256 g/mol. The maximum absolute atomic E-state index is 11.1. The maximum atomic E-state index is 11.1. The van der Waals surface area contributed by atoms with Gasteiger partial charge >= 0.3 is 5.97 Å². The highest BCUT2D eigenvalue weighted by Crippen LogP contribution is 2.47. The van der Waals surface area contributed by atoms with E-state index in [0.717, 1.165) is 0 Å². The van der Waals surface area contributed by atoms with Crippen LogP contribution >= 0.6 is 11.6 Å². The zero-order valence-electron chi connectivity index (χ0n) is 9.01. The molecule has 2 aromatic carbocycles. The molecule has 1 heterocycles. The Kier molecular flexibility index (Phi) is 2.38. The van der Waals surface area contributed by atoms with Crippen LogP contribution in [0.2, 0.25) is 5.02 Å². The number of ether oxygens (including phenoxy) is 2. The summed E-state index contributed by atoms with van der Waals surface area (Å²) in [6, 6.07) is 9.65. The highest BCUT2D eigenvalue weighted by molar-refractivity contribution is 6.30. The first-order valence-corrected chi connectivity index (χ1v) is 5.54. The van der Waals surface area contributed by atoms with Crippen LogP contribution in [0.15, 0.2) is 36.4 Å². The fraction of sp³-hybridized carbons (Fsp3) is 0. The lowest BCUT2D eigenvalue weighted by Gasteiger charge is -2.21. The molecule has 0 aliphatic carbocycles. The first-order chi connectivity index (χ1) is 8.65. The molecule has 0 unspecified atom stereocenters. The van der Waals surface area contributed by atoms with Crippen molar-refractivity contribution in [1.82, 2.24) is 0 Å². The van der Waals surface area contributed by atoms with Gasteiger partial charge in [-0.3, -0.25) is 0 Å². The number of hydrogen-bond acceptors (Lipinski definition) is 3. The largest absolute Gasteiger partial charge is 0.478 e. The maximum Gasteiger partial charge on any atom is 0.339 e. The van der Waals surface area contributed by atoms with Crippen LogP contribution in [0.1, 0.15) is 10.4 Å². The summed E-state index contributed by atoms with van der Waals surface area (Å²) in [5.74, 6) is 0.420. The molecule has 5 heteroatoms. The lowest BCUT2D eigenvalue weighted by Crippen LogP contribution is -2.05.